The van der Waals surface area contributed by atoms with Gasteiger partial charge >= 0.3 is 0 Å². The number of hydrogen-bond donors (Lipinski definition) is 8. The Morgan fingerprint density at radius 1 is 0.955 bits per heavy atom. The number of phenolic OH excluding ortho intramolecular Hbond substituents is 2. The van der Waals surface area contributed by atoms with Gasteiger partial charge in [0.2, 0.25) is 0 Å². The molecule has 2 bridgehead atoms. The summed E-state index contributed by atoms with van der Waals surface area (Å²) in [5.41, 5.74) is 6.36. The molecule has 8 unspecified atom stereocenters. The van der Waals surface area contributed by atoms with E-state index < -0.39 is 35.6 Å². The predicted molar refractivity (Wildman–Crippen MR) is 255 cm³/mol. The second-order valence-corrected chi connectivity index (χ2v) is 19.7. The van der Waals surface area contributed by atoms with E-state index >= 15 is 0 Å². The zero-order valence-electron chi connectivity index (χ0n) is 38.7. The van der Waals surface area contributed by atoms with Crippen molar-refractivity contribution >= 4 is 12.2 Å². The Bertz CT molecular complexity index is 2800. The molecule has 0 aromatic heterocycles. The van der Waals surface area contributed by atoms with Crippen molar-refractivity contribution < 1.29 is 44.5 Å². The van der Waals surface area contributed by atoms with Crippen LogP contribution in [0.1, 0.15) is 96.9 Å². The van der Waals surface area contributed by atoms with Crippen LogP contribution in [0.2, 0.25) is 0 Å². The van der Waals surface area contributed by atoms with Gasteiger partial charge in [0.25, 0.3) is 0 Å². The van der Waals surface area contributed by atoms with Crippen LogP contribution < -0.4 is 40.7 Å². The lowest BCUT2D eigenvalue weighted by atomic mass is 9.64. The molecule has 0 spiro atoms. The van der Waals surface area contributed by atoms with Gasteiger partial charge in [-0.05, 0) is 115 Å². The van der Waals surface area contributed by atoms with Crippen LogP contribution in [-0.2, 0) is 24.0 Å². The van der Waals surface area contributed by atoms with Crippen LogP contribution >= 0.6 is 0 Å². The fourth-order valence-electron chi connectivity index (χ4n) is 11.6. The maximum absolute atomic E-state index is 11.5. The van der Waals surface area contributed by atoms with Crippen LogP contribution in [0.15, 0.2) is 59.6 Å². The minimum absolute atomic E-state index is 0.0309. The number of hydrogen-bond acceptors (Lipinski definition) is 13. The average Bonchev–Trinajstić information content (AvgIpc) is 3.79. The smallest absolute Gasteiger partial charge is 0.161 e. The second kappa shape index (κ2) is 18.2. The standard InChI is InChI=1S/C54H62N4O9/c1-30(2)23-53(3,63)27-56-28-58-47-7-5-6-34(25-59)65-46-21-33(9-16-45(46)62)52-54(47,64-29-55-4)24-42-41-22-40-36(31-8-15-43-32(20-31)18-19-57-43)12-13-37-44(61)17-14-38(48(37)40)49(41)51-39(50(42)67-52)11-10-35(26-60)66-51/h8-9,12-18,20-21,30,34-36,40,47,52,55-56,58-63H,6,10-11,19,22-29H2,1-4H3. The summed E-state index contributed by atoms with van der Waals surface area (Å²) in [7, 11) is 1.83. The first-order valence-corrected chi connectivity index (χ1v) is 23.8. The van der Waals surface area contributed by atoms with Crippen molar-refractivity contribution in [2.24, 2.45) is 10.9 Å². The highest BCUT2D eigenvalue weighted by molar-refractivity contribution is 5.89. The zero-order chi connectivity index (χ0) is 46.6. The normalized spacial score (nSPS) is 25.9. The number of ether oxygens (including phenoxy) is 4. The van der Waals surface area contributed by atoms with Gasteiger partial charge in [-0.25, -0.2) is 0 Å². The van der Waals surface area contributed by atoms with Crippen LogP contribution in [0.3, 0.4) is 0 Å². The third-order valence-electron chi connectivity index (χ3n) is 14.4. The Labute approximate surface area is 391 Å². The van der Waals surface area contributed by atoms with Gasteiger partial charge < -0.3 is 49.8 Å². The Kier molecular flexibility index (Phi) is 12.3. The first-order valence-electron chi connectivity index (χ1n) is 23.8. The van der Waals surface area contributed by atoms with Gasteiger partial charge in [-0.15, -0.1) is 0 Å². The third kappa shape index (κ3) is 8.26. The first kappa shape index (κ1) is 45.4. The highest BCUT2D eigenvalue weighted by Crippen LogP contribution is 2.61. The number of nitrogens with zero attached hydrogens (tertiary/aromatic N) is 1. The van der Waals surface area contributed by atoms with E-state index in [0.29, 0.717) is 68.2 Å². The number of rotatable bonds is 13. The van der Waals surface area contributed by atoms with Crippen molar-refractivity contribution in [3.8, 4) is 51.7 Å². The van der Waals surface area contributed by atoms with Crippen molar-refractivity contribution in [1.29, 1.82) is 0 Å². The highest BCUT2D eigenvalue weighted by Gasteiger charge is 2.55. The summed E-state index contributed by atoms with van der Waals surface area (Å²) in [5, 5.41) is 67.4. The lowest BCUT2D eigenvalue weighted by molar-refractivity contribution is -0.141. The third-order valence-corrected chi connectivity index (χ3v) is 14.4. The maximum atomic E-state index is 11.5. The molecule has 4 aliphatic heterocycles. The summed E-state index contributed by atoms with van der Waals surface area (Å²) in [4.78, 5) is 4.66. The number of aliphatic hydroxyl groups is 3. The number of phenols is 2. The molecule has 2 aliphatic carbocycles. The van der Waals surface area contributed by atoms with Gasteiger partial charge in [0.05, 0.1) is 37.4 Å². The molecule has 8 N–H and O–H groups in total. The zero-order valence-corrected chi connectivity index (χ0v) is 38.7. The van der Waals surface area contributed by atoms with Crippen molar-refractivity contribution in [2.75, 3.05) is 46.8 Å². The molecule has 0 saturated heterocycles. The van der Waals surface area contributed by atoms with Crippen molar-refractivity contribution in [2.45, 2.75) is 107 Å². The number of aromatic hydroxyl groups is 2. The Hall–Kier alpha value is -5.43. The summed E-state index contributed by atoms with van der Waals surface area (Å²) in [6.45, 7) is 6.99. The molecule has 8 atom stereocenters. The topological polar surface area (TPSA) is 187 Å². The number of fused-ring (bicyclic) bond motifs is 12. The van der Waals surface area contributed by atoms with E-state index in [-0.39, 0.29) is 62.1 Å². The number of benzene rings is 4. The molecule has 0 amide bonds. The van der Waals surface area contributed by atoms with Crippen molar-refractivity contribution in [1.82, 2.24) is 16.0 Å². The molecule has 0 radical (unpaired) electrons. The van der Waals surface area contributed by atoms with Crippen molar-refractivity contribution in [3.63, 3.8) is 0 Å². The van der Waals surface area contributed by atoms with Crippen LogP contribution in [0.4, 0.5) is 0 Å². The molecule has 0 saturated carbocycles. The van der Waals surface area contributed by atoms with Crippen LogP contribution in [0.5, 0.6) is 28.7 Å². The molecule has 0 fully saturated rings. The summed E-state index contributed by atoms with van der Waals surface area (Å²) in [6, 6.07) is 14.8. The minimum atomic E-state index is -1.24. The Morgan fingerprint density at radius 2 is 1.78 bits per heavy atom. The van der Waals surface area contributed by atoms with E-state index in [1.54, 1.807) is 18.2 Å². The average molecular weight is 911 g/mol. The molecule has 4 aromatic rings. The fraction of sp³-hybridized carbons (Fsp3) is 0.463. The summed E-state index contributed by atoms with van der Waals surface area (Å²) in [6.07, 6.45) is 7.35. The molecule has 352 valence electrons. The highest BCUT2D eigenvalue weighted by atomic mass is 16.6. The molecule has 13 heteroatoms. The van der Waals surface area contributed by atoms with Crippen LogP contribution in [-0.4, -0.2) is 102 Å². The summed E-state index contributed by atoms with van der Waals surface area (Å²) < 4.78 is 27.9. The van der Waals surface area contributed by atoms with Gasteiger partial charge in [-0.3, -0.25) is 15.6 Å². The monoisotopic (exact) mass is 910 g/mol. The van der Waals surface area contributed by atoms with E-state index in [0.717, 1.165) is 49.5 Å². The molecular formula is C54H62N4O9. The quantitative estimate of drug-likeness (QED) is 0.0539. The lowest BCUT2D eigenvalue weighted by Crippen LogP contribution is -2.62. The number of nitrogens with one attached hydrogen (secondary N) is 3. The number of allylic oxidation sites excluding steroid dienone is 1. The molecule has 4 aromatic carbocycles. The number of aliphatic hydroxyl groups excluding tert-OH is 2. The molecule has 10 rings (SSSR count). The second-order valence-electron chi connectivity index (χ2n) is 19.7. The largest absolute Gasteiger partial charge is 0.507 e. The Morgan fingerprint density at radius 3 is 2.58 bits per heavy atom. The first-order chi connectivity index (χ1) is 32.4. The summed E-state index contributed by atoms with van der Waals surface area (Å²) >= 11 is 0. The summed E-state index contributed by atoms with van der Waals surface area (Å²) in [5.74, 6) is 8.76. The van der Waals surface area contributed by atoms with E-state index in [4.69, 9.17) is 18.9 Å². The van der Waals surface area contributed by atoms with E-state index in [1.165, 1.54) is 5.56 Å². The van der Waals surface area contributed by atoms with Crippen molar-refractivity contribution in [3.05, 3.63) is 104 Å². The predicted octanol–water partition coefficient (Wildman–Crippen LogP) is 4.37. The lowest BCUT2D eigenvalue weighted by Gasteiger charge is -2.50. The van der Waals surface area contributed by atoms with Crippen LogP contribution in [0.25, 0.3) is 23.3 Å². The van der Waals surface area contributed by atoms with E-state index in [9.17, 15) is 25.5 Å². The Balaban J connectivity index is 1.18. The van der Waals surface area contributed by atoms with Gasteiger partial charge in [0.1, 0.15) is 41.1 Å². The van der Waals surface area contributed by atoms with Gasteiger partial charge in [-0.2, -0.15) is 0 Å². The van der Waals surface area contributed by atoms with Gasteiger partial charge in [0.15, 0.2) is 17.6 Å². The molecule has 6 aliphatic rings. The molecule has 4 heterocycles. The van der Waals surface area contributed by atoms with Gasteiger partial charge in [0, 0.05) is 54.2 Å². The van der Waals surface area contributed by atoms with E-state index in [1.807, 2.05) is 26.1 Å². The fourth-order valence-corrected chi connectivity index (χ4v) is 11.6. The SMILES string of the molecule is CNCOC12Cc3c4c(c5c(c3OC1c1ccc(O)c(c1)OC(CO)CC#CC2NCNCC(C)(O)CC(C)C)CCC(CO)O5)-c1ccc(O)c2c1C(C4)C(c1ccc3c(c1)=CCN=3)C=C2. The molecular weight excluding hydrogens is 849 g/mol. The molecule has 13 nitrogen and oxygen atoms in total. The van der Waals surface area contributed by atoms with Gasteiger partial charge in [-0.1, -0.05) is 62.1 Å². The molecule has 67 heavy (non-hydrogen) atoms. The maximum Gasteiger partial charge on any atom is 0.161 e. The van der Waals surface area contributed by atoms with E-state index in [2.05, 4.69) is 83.1 Å². The minimum Gasteiger partial charge on any atom is -0.507 e. The van der Waals surface area contributed by atoms with Crippen LogP contribution in [0, 0.1) is 17.8 Å².